The first-order valence-electron chi connectivity index (χ1n) is 4.61. The first-order chi connectivity index (χ1) is 5.20. The monoisotopic (exact) mass is 151 g/mol. The van der Waals surface area contributed by atoms with Crippen molar-refractivity contribution in [3.8, 4) is 0 Å². The van der Waals surface area contributed by atoms with Gasteiger partial charge >= 0.3 is 0 Å². The van der Waals surface area contributed by atoms with Gasteiger partial charge in [0.05, 0.1) is 0 Å². The Kier molecular flexibility index (Phi) is 1.57. The molecule has 0 aromatic carbocycles. The summed E-state index contributed by atoms with van der Waals surface area (Å²) in [4.78, 5) is 2.60. The molecule has 2 heterocycles. The number of hydrogen-bond acceptors (Lipinski definition) is 1. The summed E-state index contributed by atoms with van der Waals surface area (Å²) in [6.07, 6.45) is 1.40. The molecular formula is C10H17N. The van der Waals surface area contributed by atoms with E-state index in [9.17, 15) is 0 Å². The molecule has 0 saturated carbocycles. The fourth-order valence-corrected chi connectivity index (χ4v) is 2.42. The van der Waals surface area contributed by atoms with Gasteiger partial charge in [-0.25, -0.2) is 0 Å². The van der Waals surface area contributed by atoms with Gasteiger partial charge in [0.25, 0.3) is 0 Å². The lowest BCUT2D eigenvalue weighted by molar-refractivity contribution is 0.267. The van der Waals surface area contributed by atoms with Crippen LogP contribution in [0.4, 0.5) is 0 Å². The minimum Gasteiger partial charge on any atom is -0.296 e. The van der Waals surface area contributed by atoms with E-state index < -0.39 is 0 Å². The van der Waals surface area contributed by atoms with Gasteiger partial charge in [-0.05, 0) is 39.7 Å². The topological polar surface area (TPSA) is 3.24 Å². The van der Waals surface area contributed by atoms with Crippen molar-refractivity contribution < 1.29 is 0 Å². The van der Waals surface area contributed by atoms with E-state index in [0.717, 1.165) is 5.92 Å². The van der Waals surface area contributed by atoms with Crippen molar-refractivity contribution in [2.45, 2.75) is 33.2 Å². The van der Waals surface area contributed by atoms with Crippen LogP contribution in [0.5, 0.6) is 0 Å². The second-order valence-corrected chi connectivity index (χ2v) is 4.02. The lowest BCUT2D eigenvalue weighted by Gasteiger charge is -2.31. The molecule has 0 radical (unpaired) electrons. The predicted octanol–water partition coefficient (Wildman–Crippen LogP) is 2.05. The van der Waals surface area contributed by atoms with Crippen molar-refractivity contribution in [2.75, 3.05) is 13.1 Å². The average Bonchev–Trinajstić information content (AvgIpc) is 2.44. The first kappa shape index (κ1) is 7.35. The van der Waals surface area contributed by atoms with Gasteiger partial charge in [0.15, 0.2) is 0 Å². The number of fused-ring (bicyclic) bond motifs is 2. The summed E-state index contributed by atoms with van der Waals surface area (Å²) in [6, 6.07) is 0.716. The molecule has 0 aromatic rings. The van der Waals surface area contributed by atoms with Crippen LogP contribution in [-0.4, -0.2) is 24.0 Å². The van der Waals surface area contributed by atoms with Crippen molar-refractivity contribution >= 4 is 0 Å². The molecule has 1 saturated heterocycles. The van der Waals surface area contributed by atoms with Gasteiger partial charge in [0.1, 0.15) is 0 Å². The highest BCUT2D eigenvalue weighted by atomic mass is 15.2. The molecule has 0 N–H and O–H groups in total. The summed E-state index contributed by atoms with van der Waals surface area (Å²) in [5.41, 5.74) is 3.30. The molecule has 3 atom stereocenters. The molecule has 2 aliphatic rings. The van der Waals surface area contributed by atoms with Crippen LogP contribution in [-0.2, 0) is 0 Å². The van der Waals surface area contributed by atoms with E-state index in [1.165, 1.54) is 19.5 Å². The molecular weight excluding hydrogens is 134 g/mol. The summed E-state index contributed by atoms with van der Waals surface area (Å²) in [5, 5.41) is 0. The second kappa shape index (κ2) is 2.34. The smallest absolute Gasteiger partial charge is 0.0279 e. The summed E-state index contributed by atoms with van der Waals surface area (Å²) in [6.45, 7) is 9.59. The molecule has 11 heavy (non-hydrogen) atoms. The zero-order valence-electron chi connectivity index (χ0n) is 7.72. The predicted molar refractivity (Wildman–Crippen MR) is 47.5 cm³/mol. The van der Waals surface area contributed by atoms with Crippen LogP contribution in [0.15, 0.2) is 11.1 Å². The van der Waals surface area contributed by atoms with Crippen molar-refractivity contribution in [3.63, 3.8) is 0 Å². The maximum absolute atomic E-state index is 2.60. The summed E-state index contributed by atoms with van der Waals surface area (Å²) < 4.78 is 0. The Labute approximate surface area is 69.1 Å². The van der Waals surface area contributed by atoms with E-state index in [1.54, 1.807) is 11.1 Å². The zero-order chi connectivity index (χ0) is 8.01. The highest BCUT2D eigenvalue weighted by Crippen LogP contribution is 2.34. The third-order valence-electron chi connectivity index (χ3n) is 3.63. The van der Waals surface area contributed by atoms with Gasteiger partial charge in [0, 0.05) is 12.6 Å². The van der Waals surface area contributed by atoms with E-state index in [4.69, 9.17) is 0 Å². The van der Waals surface area contributed by atoms with Crippen LogP contribution in [0.2, 0.25) is 0 Å². The van der Waals surface area contributed by atoms with E-state index in [-0.39, 0.29) is 0 Å². The van der Waals surface area contributed by atoms with Gasteiger partial charge in [-0.15, -0.1) is 0 Å². The molecule has 1 fully saturated rings. The fourth-order valence-electron chi connectivity index (χ4n) is 2.42. The Morgan fingerprint density at radius 3 is 2.73 bits per heavy atom. The molecule has 0 aromatic heterocycles. The van der Waals surface area contributed by atoms with Crippen molar-refractivity contribution in [1.82, 2.24) is 4.90 Å². The lowest BCUT2D eigenvalue weighted by atomic mass is 9.90. The molecule has 0 aliphatic carbocycles. The van der Waals surface area contributed by atoms with Crippen LogP contribution in [0.1, 0.15) is 27.2 Å². The Balaban J connectivity index is 2.34. The molecule has 1 heteroatoms. The maximum atomic E-state index is 2.60. The van der Waals surface area contributed by atoms with Crippen LogP contribution < -0.4 is 0 Å². The highest BCUT2D eigenvalue weighted by Gasteiger charge is 2.33. The van der Waals surface area contributed by atoms with Crippen LogP contribution in [0, 0.1) is 5.92 Å². The van der Waals surface area contributed by atoms with E-state index in [2.05, 4.69) is 25.7 Å². The molecule has 2 aliphatic heterocycles. The average molecular weight is 151 g/mol. The number of rotatable bonds is 0. The van der Waals surface area contributed by atoms with Gasteiger partial charge in [-0.3, -0.25) is 4.90 Å². The molecule has 1 nitrogen and oxygen atoms in total. The Hall–Kier alpha value is -0.300. The second-order valence-electron chi connectivity index (χ2n) is 4.02. The minimum absolute atomic E-state index is 0.716. The first-order valence-corrected chi connectivity index (χ1v) is 4.61. The van der Waals surface area contributed by atoms with Gasteiger partial charge in [-0.1, -0.05) is 11.1 Å². The van der Waals surface area contributed by atoms with E-state index >= 15 is 0 Å². The van der Waals surface area contributed by atoms with Crippen molar-refractivity contribution in [3.05, 3.63) is 11.1 Å². The minimum atomic E-state index is 0.716. The maximum Gasteiger partial charge on any atom is 0.0279 e. The number of hydrogen-bond donors (Lipinski definition) is 0. The Morgan fingerprint density at radius 1 is 1.27 bits per heavy atom. The van der Waals surface area contributed by atoms with Crippen LogP contribution >= 0.6 is 0 Å². The highest BCUT2D eigenvalue weighted by molar-refractivity contribution is 5.24. The largest absolute Gasteiger partial charge is 0.296 e. The standard InChI is InChI=1S/C10H17N/c1-7-8(2)10-4-5-11(6-10)9(7)3/h9-10H,4-6H2,1-3H3. The van der Waals surface area contributed by atoms with Gasteiger partial charge in [0.2, 0.25) is 0 Å². The van der Waals surface area contributed by atoms with Gasteiger partial charge in [-0.2, -0.15) is 0 Å². The molecule has 2 bridgehead atoms. The normalized spacial score (nSPS) is 43.4. The van der Waals surface area contributed by atoms with E-state index in [0.29, 0.717) is 6.04 Å². The fraction of sp³-hybridized carbons (Fsp3) is 0.800. The summed E-state index contributed by atoms with van der Waals surface area (Å²) in [7, 11) is 0. The molecule has 0 amide bonds. The third kappa shape index (κ3) is 0.943. The SMILES string of the molecule is CC1=C(C)C(C)N2CCC1C2. The molecule has 62 valence electrons. The third-order valence-corrected chi connectivity index (χ3v) is 3.63. The Morgan fingerprint density at radius 2 is 2.00 bits per heavy atom. The van der Waals surface area contributed by atoms with E-state index in [1.807, 2.05) is 0 Å². The van der Waals surface area contributed by atoms with Crippen molar-refractivity contribution in [2.24, 2.45) is 5.92 Å². The number of nitrogens with zero attached hydrogens (tertiary/aromatic N) is 1. The quantitative estimate of drug-likeness (QED) is 0.479. The summed E-state index contributed by atoms with van der Waals surface area (Å²) >= 11 is 0. The van der Waals surface area contributed by atoms with Crippen molar-refractivity contribution in [1.29, 1.82) is 0 Å². The lowest BCUT2D eigenvalue weighted by Crippen LogP contribution is -2.35. The molecule has 3 unspecified atom stereocenters. The zero-order valence-corrected chi connectivity index (χ0v) is 7.72. The molecule has 0 spiro atoms. The Bertz CT molecular complexity index is 201. The van der Waals surface area contributed by atoms with Gasteiger partial charge < -0.3 is 0 Å². The van der Waals surface area contributed by atoms with Crippen LogP contribution in [0.3, 0.4) is 0 Å². The molecule has 2 rings (SSSR count). The van der Waals surface area contributed by atoms with Crippen LogP contribution in [0.25, 0.3) is 0 Å². The summed E-state index contributed by atoms with van der Waals surface area (Å²) in [5.74, 6) is 0.895.